The number of rotatable bonds is 16. The first-order valence-electron chi connectivity index (χ1n) is 19.4. The zero-order chi connectivity index (χ0) is 49.6. The Hall–Kier alpha value is -5.92. The van der Waals surface area contributed by atoms with Crippen LogP contribution in [0.4, 0.5) is 26.3 Å². The quantitative estimate of drug-likeness (QED) is 0.0668. The van der Waals surface area contributed by atoms with Gasteiger partial charge in [-0.05, 0) is 124 Å². The number of sulfonamides is 2. The number of aromatic nitrogens is 2. The van der Waals surface area contributed by atoms with E-state index in [2.05, 4.69) is 28.9 Å². The van der Waals surface area contributed by atoms with Crippen LogP contribution in [0.1, 0.15) is 58.5 Å². The number of benzene rings is 4. The van der Waals surface area contributed by atoms with Crippen LogP contribution >= 0.6 is 22.7 Å². The molecule has 6 rings (SSSR count). The Morgan fingerprint density at radius 1 is 0.582 bits per heavy atom. The van der Waals surface area contributed by atoms with Crippen LogP contribution in [-0.2, 0) is 32.9 Å². The number of nitrogens with one attached hydrogen (secondary N) is 2. The van der Waals surface area contributed by atoms with Crippen molar-refractivity contribution in [2.75, 3.05) is 13.1 Å². The molecular weight excluding hydrogens is 975 g/mol. The first-order valence-corrected chi connectivity index (χ1v) is 24.0. The van der Waals surface area contributed by atoms with Gasteiger partial charge >= 0.3 is 24.7 Å². The highest BCUT2D eigenvalue weighted by Crippen LogP contribution is 2.33. The summed E-state index contributed by atoms with van der Waals surface area (Å²) in [5.74, 6) is -3.10. The minimum absolute atomic E-state index is 0.0278. The van der Waals surface area contributed by atoms with E-state index in [0.717, 1.165) is 21.9 Å². The van der Waals surface area contributed by atoms with Crippen molar-refractivity contribution in [1.29, 1.82) is 0 Å². The lowest BCUT2D eigenvalue weighted by Gasteiger charge is -2.11. The van der Waals surface area contributed by atoms with Gasteiger partial charge in [-0.1, -0.05) is 6.07 Å². The van der Waals surface area contributed by atoms with Gasteiger partial charge < -0.3 is 19.7 Å². The second kappa shape index (κ2) is 20.9. The molecule has 0 fully saturated rings. The molecule has 0 amide bonds. The largest absolute Gasteiger partial charge is 0.573 e. The van der Waals surface area contributed by atoms with E-state index < -0.39 is 44.7 Å². The number of hydrogen-bond acceptors (Lipinski definition) is 12. The fraction of sp³-hybridized carbons (Fsp3) is 0.256. The molecule has 0 saturated carbocycles. The second-order valence-corrected chi connectivity index (χ2v) is 20.4. The first kappa shape index (κ1) is 52.1. The third-order valence-corrected chi connectivity index (χ3v) is 14.7. The maximum atomic E-state index is 12.7. The van der Waals surface area contributed by atoms with Crippen LogP contribution in [0, 0.1) is 34.6 Å². The number of aryl methyl sites for hydroxylation is 4. The molecule has 24 heteroatoms. The maximum absolute atomic E-state index is 12.7. The van der Waals surface area contributed by atoms with E-state index in [1.54, 1.807) is 20.8 Å². The predicted molar refractivity (Wildman–Crippen MR) is 237 cm³/mol. The normalized spacial score (nSPS) is 12.0. The second-order valence-electron chi connectivity index (χ2n) is 14.5. The van der Waals surface area contributed by atoms with Gasteiger partial charge in [0.1, 0.15) is 21.5 Å². The molecule has 0 aliphatic rings. The van der Waals surface area contributed by atoms with Crippen LogP contribution < -0.4 is 18.9 Å². The zero-order valence-electron chi connectivity index (χ0n) is 35.8. The highest BCUT2D eigenvalue weighted by atomic mass is 32.2. The van der Waals surface area contributed by atoms with Gasteiger partial charge in [0.05, 0.1) is 32.3 Å². The standard InChI is InChI=1S/C22H21F3N2O5S2.C21H19F3N2O5S2/c1-12-10-17(11-18(13(12)2)21(28)29)34(30,31)26-9-8-19-14(3)33-20(27-19)15-4-6-16(7-5-15)32-22(23,24)25;1-12-3-8-16(11-17(12)20(27)28)33(29,30)25-10-9-18-13(2)32-19(26-18)14-4-6-15(7-5-14)31-21(22,23)24/h4-7,10-11,26H,8-9H2,1-3H3,(H,28,29);3-8,11,25H,9-10H2,1-2H3,(H,27,28). The maximum Gasteiger partial charge on any atom is 0.573 e. The van der Waals surface area contributed by atoms with Crippen molar-refractivity contribution >= 4 is 54.7 Å². The van der Waals surface area contributed by atoms with Crippen molar-refractivity contribution in [2.45, 2.75) is 70.0 Å². The van der Waals surface area contributed by atoms with Gasteiger partial charge in [0.15, 0.2) is 0 Å². The van der Waals surface area contributed by atoms with E-state index in [1.807, 2.05) is 13.8 Å². The molecule has 358 valence electrons. The van der Waals surface area contributed by atoms with Crippen molar-refractivity contribution in [1.82, 2.24) is 19.4 Å². The molecule has 0 unspecified atom stereocenters. The molecule has 6 aromatic rings. The number of thiazole rings is 2. The van der Waals surface area contributed by atoms with E-state index in [1.165, 1.54) is 89.4 Å². The third kappa shape index (κ3) is 14.3. The summed E-state index contributed by atoms with van der Waals surface area (Å²) in [6.07, 6.45) is -9.00. The minimum atomic E-state index is -4.77. The number of carbonyl (C=O) groups is 2. The van der Waals surface area contributed by atoms with Crippen LogP contribution in [0.3, 0.4) is 0 Å². The SMILES string of the molecule is Cc1cc(S(=O)(=O)NCCc2nc(-c3ccc(OC(F)(F)F)cc3)sc2C)cc(C(=O)O)c1C.Cc1ccc(S(=O)(=O)NCCc2nc(-c3ccc(OC(F)(F)F)cc3)sc2C)cc1C(=O)O. The van der Waals surface area contributed by atoms with Crippen molar-refractivity contribution in [3.63, 3.8) is 0 Å². The Kier molecular flexibility index (Phi) is 16.3. The van der Waals surface area contributed by atoms with Crippen LogP contribution in [-0.4, -0.2) is 74.8 Å². The van der Waals surface area contributed by atoms with Gasteiger partial charge in [0, 0.05) is 46.8 Å². The van der Waals surface area contributed by atoms with E-state index in [4.69, 9.17) is 0 Å². The van der Waals surface area contributed by atoms with E-state index in [9.17, 15) is 63.0 Å². The fourth-order valence-corrected chi connectivity index (χ4v) is 10.3. The van der Waals surface area contributed by atoms with Crippen molar-refractivity contribution in [3.05, 3.63) is 128 Å². The molecule has 0 aliphatic carbocycles. The Bertz CT molecular complexity index is 2990. The summed E-state index contributed by atoms with van der Waals surface area (Å²) in [5, 5.41) is 19.7. The average molecular weight is 1020 g/mol. The monoisotopic (exact) mass is 1010 g/mol. The number of nitrogens with zero attached hydrogens (tertiary/aromatic N) is 2. The van der Waals surface area contributed by atoms with E-state index in [-0.39, 0.29) is 58.3 Å². The molecule has 0 bridgehead atoms. The van der Waals surface area contributed by atoms with Gasteiger partial charge in [-0.25, -0.2) is 45.8 Å². The van der Waals surface area contributed by atoms with E-state index >= 15 is 0 Å². The minimum Gasteiger partial charge on any atom is -0.478 e. The smallest absolute Gasteiger partial charge is 0.478 e. The summed E-state index contributed by atoms with van der Waals surface area (Å²) < 4.78 is 137. The van der Waals surface area contributed by atoms with Gasteiger partial charge in [-0.15, -0.1) is 49.0 Å². The van der Waals surface area contributed by atoms with Gasteiger partial charge in [-0.3, -0.25) is 0 Å². The third-order valence-electron chi connectivity index (χ3n) is 9.69. The topological polar surface area (TPSA) is 211 Å². The first-order chi connectivity index (χ1) is 31.1. The van der Waals surface area contributed by atoms with Crippen molar-refractivity contribution in [2.24, 2.45) is 0 Å². The zero-order valence-corrected chi connectivity index (χ0v) is 39.1. The Morgan fingerprint density at radius 2 is 0.985 bits per heavy atom. The van der Waals surface area contributed by atoms with Gasteiger partial charge in [0.25, 0.3) is 0 Å². The fourth-order valence-electron chi connectivity index (χ4n) is 6.14. The summed E-state index contributed by atoms with van der Waals surface area (Å²) >= 11 is 2.66. The molecule has 2 aromatic heterocycles. The molecule has 0 aliphatic heterocycles. The van der Waals surface area contributed by atoms with Crippen LogP contribution in [0.2, 0.25) is 0 Å². The van der Waals surface area contributed by atoms with Gasteiger partial charge in [0.2, 0.25) is 20.0 Å². The van der Waals surface area contributed by atoms with Crippen LogP contribution in [0.15, 0.2) is 88.7 Å². The molecule has 0 saturated heterocycles. The Labute approximate surface area is 388 Å². The molecule has 14 nitrogen and oxygen atoms in total. The number of carboxylic acids is 2. The number of aromatic carboxylic acids is 2. The molecule has 2 heterocycles. The van der Waals surface area contributed by atoms with Gasteiger partial charge in [-0.2, -0.15) is 0 Å². The molecular formula is C43H40F6N4O10S4. The number of ether oxygens (including phenoxy) is 2. The number of alkyl halides is 6. The number of hydrogen-bond donors (Lipinski definition) is 4. The Morgan fingerprint density at radius 3 is 1.39 bits per heavy atom. The molecule has 0 spiro atoms. The van der Waals surface area contributed by atoms with Crippen molar-refractivity contribution < 1.29 is 72.5 Å². The summed E-state index contributed by atoms with van der Waals surface area (Å²) in [5.41, 5.74) is 3.81. The summed E-state index contributed by atoms with van der Waals surface area (Å²) in [4.78, 5) is 33.0. The molecule has 0 radical (unpaired) electrons. The molecule has 0 atom stereocenters. The highest BCUT2D eigenvalue weighted by Gasteiger charge is 2.32. The van der Waals surface area contributed by atoms with Crippen LogP contribution in [0.25, 0.3) is 21.1 Å². The molecule has 67 heavy (non-hydrogen) atoms. The summed E-state index contributed by atoms with van der Waals surface area (Å²) in [7, 11) is -7.87. The van der Waals surface area contributed by atoms with Crippen LogP contribution in [0.5, 0.6) is 11.5 Å². The number of halogens is 6. The number of carboxylic acid groups (broad SMARTS) is 2. The lowest BCUT2D eigenvalue weighted by Crippen LogP contribution is -2.26. The predicted octanol–water partition coefficient (Wildman–Crippen LogP) is 9.40. The highest BCUT2D eigenvalue weighted by molar-refractivity contribution is 7.89. The summed E-state index contributed by atoms with van der Waals surface area (Å²) in [6, 6.07) is 17.1. The lowest BCUT2D eigenvalue weighted by atomic mass is 10.0. The Balaban J connectivity index is 0.000000251. The summed E-state index contributed by atoms with van der Waals surface area (Å²) in [6.45, 7) is 8.51. The molecule has 4 N–H and O–H groups in total. The lowest BCUT2D eigenvalue weighted by molar-refractivity contribution is -0.275. The average Bonchev–Trinajstić information content (AvgIpc) is 3.78. The van der Waals surface area contributed by atoms with Crippen molar-refractivity contribution in [3.8, 4) is 32.6 Å². The molecule has 4 aromatic carbocycles. The van der Waals surface area contributed by atoms with E-state index in [0.29, 0.717) is 49.2 Å².